The maximum atomic E-state index is 12.5. The molecule has 0 unspecified atom stereocenters. The molecule has 5 nitrogen and oxygen atoms in total. The van der Waals surface area contributed by atoms with Crippen molar-refractivity contribution in [2.45, 2.75) is 44.1 Å². The van der Waals surface area contributed by atoms with Gasteiger partial charge in [-0.05, 0) is 25.0 Å². The smallest absolute Gasteiger partial charge is 0.329 e. The number of hydrogen-bond donors (Lipinski definition) is 3. The molecule has 3 N–H and O–H groups in total. The van der Waals surface area contributed by atoms with Crippen LogP contribution in [0.4, 0.5) is 0 Å². The first-order chi connectivity index (χ1) is 10.6. The minimum absolute atomic E-state index is 0.347. The highest BCUT2D eigenvalue weighted by Crippen LogP contribution is 2.28. The van der Waals surface area contributed by atoms with Gasteiger partial charge >= 0.3 is 5.97 Å². The number of aliphatic carboxylic acids is 1. The number of para-hydroxylation sites is 1. The van der Waals surface area contributed by atoms with E-state index in [0.29, 0.717) is 18.5 Å². The number of carboxylic acid groups (broad SMARTS) is 1. The SMILES string of the molecule is O=C(NC1(C(=O)O)CCCCCC1)c1cc2ccccc2[nH]1. The molecular weight excluding hydrogens is 280 g/mol. The van der Waals surface area contributed by atoms with Gasteiger partial charge in [0.15, 0.2) is 0 Å². The standard InChI is InChI=1S/C17H20N2O3/c20-15(14-11-12-7-3-4-8-13(12)18-14)19-17(16(21)22)9-5-1-2-6-10-17/h3-4,7-8,11,18H,1-2,5-6,9-10H2,(H,19,20)(H,21,22). The van der Waals surface area contributed by atoms with E-state index in [1.165, 1.54) is 0 Å². The van der Waals surface area contributed by atoms with Crippen molar-refractivity contribution in [2.24, 2.45) is 0 Å². The minimum atomic E-state index is -1.13. The second kappa shape index (κ2) is 5.83. The molecule has 0 bridgehead atoms. The Labute approximate surface area is 128 Å². The number of aromatic nitrogens is 1. The molecule has 1 amide bonds. The van der Waals surface area contributed by atoms with Crippen LogP contribution in [0.2, 0.25) is 0 Å². The zero-order valence-electron chi connectivity index (χ0n) is 12.4. The van der Waals surface area contributed by atoms with E-state index in [4.69, 9.17) is 0 Å². The third kappa shape index (κ3) is 2.71. The van der Waals surface area contributed by atoms with Gasteiger partial charge < -0.3 is 15.4 Å². The van der Waals surface area contributed by atoms with Crippen LogP contribution in [-0.4, -0.2) is 27.5 Å². The summed E-state index contributed by atoms with van der Waals surface area (Å²) in [6.07, 6.45) is 4.70. The number of aromatic amines is 1. The predicted molar refractivity (Wildman–Crippen MR) is 83.8 cm³/mol. The number of carboxylic acids is 1. The summed E-state index contributed by atoms with van der Waals surface area (Å²) in [6.45, 7) is 0. The van der Waals surface area contributed by atoms with Crippen LogP contribution in [0, 0.1) is 0 Å². The normalized spacial score (nSPS) is 17.8. The van der Waals surface area contributed by atoms with Crippen LogP contribution in [0.25, 0.3) is 10.9 Å². The van der Waals surface area contributed by atoms with Crippen LogP contribution < -0.4 is 5.32 Å². The Morgan fingerprint density at radius 2 is 1.77 bits per heavy atom. The largest absolute Gasteiger partial charge is 0.480 e. The summed E-state index contributed by atoms with van der Waals surface area (Å²) < 4.78 is 0. The molecule has 0 radical (unpaired) electrons. The average Bonchev–Trinajstić information content (AvgIpc) is 2.80. The van der Waals surface area contributed by atoms with E-state index in [9.17, 15) is 14.7 Å². The second-order valence-electron chi connectivity index (χ2n) is 6.03. The predicted octanol–water partition coefficient (Wildman–Crippen LogP) is 3.08. The lowest BCUT2D eigenvalue weighted by molar-refractivity contribution is -0.145. The molecule has 0 spiro atoms. The van der Waals surface area contributed by atoms with E-state index in [2.05, 4.69) is 10.3 Å². The van der Waals surface area contributed by atoms with Gasteiger partial charge in [0.1, 0.15) is 11.2 Å². The highest BCUT2D eigenvalue weighted by atomic mass is 16.4. The molecule has 22 heavy (non-hydrogen) atoms. The van der Waals surface area contributed by atoms with Crippen LogP contribution in [0.1, 0.15) is 49.0 Å². The van der Waals surface area contributed by atoms with E-state index < -0.39 is 11.5 Å². The summed E-state index contributed by atoms with van der Waals surface area (Å²) in [7, 11) is 0. The molecule has 1 aromatic carbocycles. The fourth-order valence-electron chi connectivity index (χ4n) is 3.20. The first kappa shape index (κ1) is 14.6. The van der Waals surface area contributed by atoms with Crippen molar-refractivity contribution in [1.82, 2.24) is 10.3 Å². The molecule has 116 valence electrons. The quantitative estimate of drug-likeness (QED) is 0.762. The first-order valence-electron chi connectivity index (χ1n) is 7.74. The Hall–Kier alpha value is -2.30. The van der Waals surface area contributed by atoms with Crippen LogP contribution in [0.5, 0.6) is 0 Å². The number of carbonyl (C=O) groups is 2. The van der Waals surface area contributed by atoms with Gasteiger partial charge in [0.2, 0.25) is 0 Å². The number of hydrogen-bond acceptors (Lipinski definition) is 2. The lowest BCUT2D eigenvalue weighted by Gasteiger charge is -2.29. The zero-order valence-corrected chi connectivity index (χ0v) is 12.4. The molecule has 0 atom stereocenters. The number of rotatable bonds is 3. The summed E-state index contributed by atoms with van der Waals surface area (Å²) in [5.41, 5.74) is 0.147. The minimum Gasteiger partial charge on any atom is -0.480 e. The van der Waals surface area contributed by atoms with Gasteiger partial charge in [-0.25, -0.2) is 4.79 Å². The molecule has 1 aromatic heterocycles. The third-order valence-electron chi connectivity index (χ3n) is 4.49. The number of benzene rings is 1. The fraction of sp³-hybridized carbons (Fsp3) is 0.412. The average molecular weight is 300 g/mol. The second-order valence-corrected chi connectivity index (χ2v) is 6.03. The highest BCUT2D eigenvalue weighted by molar-refractivity contribution is 6.00. The van der Waals surface area contributed by atoms with Crippen LogP contribution >= 0.6 is 0 Å². The van der Waals surface area contributed by atoms with Gasteiger partial charge in [0, 0.05) is 10.9 Å². The van der Waals surface area contributed by atoms with E-state index in [1.54, 1.807) is 6.07 Å². The van der Waals surface area contributed by atoms with Gasteiger partial charge in [-0.2, -0.15) is 0 Å². The maximum Gasteiger partial charge on any atom is 0.329 e. The summed E-state index contributed by atoms with van der Waals surface area (Å²) in [5, 5.41) is 13.3. The summed E-state index contributed by atoms with van der Waals surface area (Å²) >= 11 is 0. The fourth-order valence-corrected chi connectivity index (χ4v) is 3.20. The summed E-state index contributed by atoms with van der Waals surface area (Å²) in [4.78, 5) is 27.3. The maximum absolute atomic E-state index is 12.5. The number of nitrogens with one attached hydrogen (secondary N) is 2. The monoisotopic (exact) mass is 300 g/mol. The van der Waals surface area contributed by atoms with Gasteiger partial charge in [0.05, 0.1) is 0 Å². The Bertz CT molecular complexity index is 664. The summed E-state index contributed by atoms with van der Waals surface area (Å²) in [6, 6.07) is 9.37. The Balaban J connectivity index is 1.85. The van der Waals surface area contributed by atoms with Crippen molar-refractivity contribution in [1.29, 1.82) is 0 Å². The molecule has 3 rings (SSSR count). The Morgan fingerprint density at radius 3 is 2.41 bits per heavy atom. The number of carbonyl (C=O) groups excluding carboxylic acids is 1. The van der Waals surface area contributed by atoms with Crippen molar-refractivity contribution >= 4 is 22.8 Å². The van der Waals surface area contributed by atoms with E-state index >= 15 is 0 Å². The molecule has 1 aliphatic carbocycles. The first-order valence-corrected chi connectivity index (χ1v) is 7.74. The van der Waals surface area contributed by atoms with Crippen molar-refractivity contribution in [3.05, 3.63) is 36.0 Å². The molecule has 1 saturated carbocycles. The van der Waals surface area contributed by atoms with Gasteiger partial charge in [-0.3, -0.25) is 4.79 Å². The van der Waals surface area contributed by atoms with Crippen molar-refractivity contribution < 1.29 is 14.7 Å². The van der Waals surface area contributed by atoms with Crippen LogP contribution in [-0.2, 0) is 4.79 Å². The Kier molecular flexibility index (Phi) is 3.88. The molecule has 1 fully saturated rings. The van der Waals surface area contributed by atoms with Crippen molar-refractivity contribution in [3.8, 4) is 0 Å². The molecule has 2 aromatic rings. The number of amides is 1. The van der Waals surface area contributed by atoms with Crippen LogP contribution in [0.15, 0.2) is 30.3 Å². The zero-order chi connectivity index (χ0) is 15.6. The third-order valence-corrected chi connectivity index (χ3v) is 4.49. The topological polar surface area (TPSA) is 82.2 Å². The number of fused-ring (bicyclic) bond motifs is 1. The lowest BCUT2D eigenvalue weighted by atomic mass is 9.90. The van der Waals surface area contributed by atoms with Gasteiger partial charge in [0.25, 0.3) is 5.91 Å². The Morgan fingerprint density at radius 1 is 1.09 bits per heavy atom. The van der Waals surface area contributed by atoms with E-state index in [0.717, 1.165) is 36.6 Å². The highest BCUT2D eigenvalue weighted by Gasteiger charge is 2.40. The van der Waals surface area contributed by atoms with Crippen LogP contribution in [0.3, 0.4) is 0 Å². The van der Waals surface area contributed by atoms with E-state index in [1.807, 2.05) is 24.3 Å². The number of H-pyrrole nitrogens is 1. The molecule has 0 saturated heterocycles. The summed E-state index contributed by atoms with van der Waals surface area (Å²) in [5.74, 6) is -1.28. The molecule has 1 aliphatic rings. The van der Waals surface area contributed by atoms with E-state index in [-0.39, 0.29) is 5.91 Å². The molecular formula is C17H20N2O3. The van der Waals surface area contributed by atoms with Gasteiger partial charge in [-0.15, -0.1) is 0 Å². The van der Waals surface area contributed by atoms with Crippen molar-refractivity contribution in [3.63, 3.8) is 0 Å². The van der Waals surface area contributed by atoms with Gasteiger partial charge in [-0.1, -0.05) is 43.9 Å². The van der Waals surface area contributed by atoms with Crippen molar-refractivity contribution in [2.75, 3.05) is 0 Å². The lowest BCUT2D eigenvalue weighted by Crippen LogP contribution is -2.54. The molecule has 0 aliphatic heterocycles. The molecule has 5 heteroatoms. The molecule has 1 heterocycles.